The predicted molar refractivity (Wildman–Crippen MR) is 70.7 cm³/mol. The molecule has 2 N–H and O–H groups in total. The number of anilines is 2. The van der Waals surface area contributed by atoms with Crippen molar-refractivity contribution in [3.8, 4) is 0 Å². The molecule has 0 aliphatic heterocycles. The third-order valence-electron chi connectivity index (χ3n) is 2.15. The first kappa shape index (κ1) is 12.1. The van der Waals surface area contributed by atoms with Crippen LogP contribution in [0.15, 0.2) is 17.5 Å². The Balaban J connectivity index is 2.15. The molecule has 0 spiro atoms. The second-order valence-electron chi connectivity index (χ2n) is 3.38. The van der Waals surface area contributed by atoms with Gasteiger partial charge in [-0.3, -0.25) is 0 Å². The second-order valence-corrected chi connectivity index (χ2v) is 4.70. The molecule has 2 aromatic heterocycles. The van der Waals surface area contributed by atoms with Crippen LogP contribution < -0.4 is 10.6 Å². The van der Waals surface area contributed by atoms with E-state index in [1.54, 1.807) is 18.4 Å². The van der Waals surface area contributed by atoms with Crippen molar-refractivity contribution < 1.29 is 0 Å². The lowest BCUT2D eigenvalue weighted by atomic mass is 10.3. The molecular weight excluding hydrogens is 258 g/mol. The summed E-state index contributed by atoms with van der Waals surface area (Å²) < 4.78 is 0. The molecule has 1 atom stereocenters. The SMILES string of the molecule is CNc1nc(Cl)nc(NC(C)c2cccs2)n1. The van der Waals surface area contributed by atoms with Crippen LogP contribution in [0.2, 0.25) is 5.28 Å². The number of rotatable bonds is 4. The summed E-state index contributed by atoms with van der Waals surface area (Å²) in [5, 5.41) is 8.22. The lowest BCUT2D eigenvalue weighted by Gasteiger charge is -2.12. The molecule has 1 unspecified atom stereocenters. The van der Waals surface area contributed by atoms with Crippen LogP contribution in [0, 0.1) is 0 Å². The zero-order chi connectivity index (χ0) is 12.3. The average molecular weight is 270 g/mol. The van der Waals surface area contributed by atoms with E-state index in [0.29, 0.717) is 11.9 Å². The van der Waals surface area contributed by atoms with Crippen LogP contribution in [0.1, 0.15) is 17.8 Å². The zero-order valence-corrected chi connectivity index (χ0v) is 11.0. The number of halogens is 1. The highest BCUT2D eigenvalue weighted by Gasteiger charge is 2.09. The van der Waals surface area contributed by atoms with Gasteiger partial charge < -0.3 is 10.6 Å². The first-order valence-corrected chi connectivity index (χ1v) is 6.34. The van der Waals surface area contributed by atoms with Gasteiger partial charge in [0.15, 0.2) is 0 Å². The average Bonchev–Trinajstić information content (AvgIpc) is 2.81. The summed E-state index contributed by atoms with van der Waals surface area (Å²) in [5.41, 5.74) is 0. The van der Waals surface area contributed by atoms with Crippen LogP contribution in [0.5, 0.6) is 0 Å². The van der Waals surface area contributed by atoms with E-state index in [-0.39, 0.29) is 11.3 Å². The Morgan fingerprint density at radius 1 is 1.29 bits per heavy atom. The maximum Gasteiger partial charge on any atom is 0.229 e. The Morgan fingerprint density at radius 2 is 2.06 bits per heavy atom. The van der Waals surface area contributed by atoms with E-state index in [4.69, 9.17) is 11.6 Å². The van der Waals surface area contributed by atoms with Crippen molar-refractivity contribution in [2.45, 2.75) is 13.0 Å². The van der Waals surface area contributed by atoms with Crippen LogP contribution in [0.4, 0.5) is 11.9 Å². The standard InChI is InChI=1S/C10H12ClN5S/c1-6(7-4-3-5-17-7)13-10-15-8(11)14-9(12-2)16-10/h3-6H,1-2H3,(H2,12,13,14,15,16). The highest BCUT2D eigenvalue weighted by atomic mass is 35.5. The van der Waals surface area contributed by atoms with E-state index < -0.39 is 0 Å². The summed E-state index contributed by atoms with van der Waals surface area (Å²) in [7, 11) is 1.73. The van der Waals surface area contributed by atoms with Crippen LogP contribution in [-0.2, 0) is 0 Å². The summed E-state index contributed by atoms with van der Waals surface area (Å²) in [6, 6.07) is 4.21. The van der Waals surface area contributed by atoms with E-state index in [2.05, 4.69) is 31.7 Å². The first-order valence-electron chi connectivity index (χ1n) is 5.08. The molecule has 2 rings (SSSR count). The quantitative estimate of drug-likeness (QED) is 0.894. The van der Waals surface area contributed by atoms with Gasteiger partial charge >= 0.3 is 0 Å². The predicted octanol–water partition coefficient (Wildman–Crippen LogP) is 2.80. The molecule has 0 bridgehead atoms. The van der Waals surface area contributed by atoms with Gasteiger partial charge in [-0.25, -0.2) is 0 Å². The van der Waals surface area contributed by atoms with Gasteiger partial charge in [-0.15, -0.1) is 11.3 Å². The minimum absolute atomic E-state index is 0.137. The Kier molecular flexibility index (Phi) is 3.75. The molecule has 0 saturated carbocycles. The van der Waals surface area contributed by atoms with E-state index >= 15 is 0 Å². The molecule has 90 valence electrons. The van der Waals surface area contributed by atoms with Crippen LogP contribution in [0.3, 0.4) is 0 Å². The van der Waals surface area contributed by atoms with Gasteiger partial charge in [-0.1, -0.05) is 6.07 Å². The van der Waals surface area contributed by atoms with Gasteiger partial charge in [0.25, 0.3) is 0 Å². The zero-order valence-electron chi connectivity index (χ0n) is 9.44. The first-order chi connectivity index (χ1) is 8.19. The minimum atomic E-state index is 0.137. The largest absolute Gasteiger partial charge is 0.357 e. The van der Waals surface area contributed by atoms with Crippen LogP contribution >= 0.6 is 22.9 Å². The van der Waals surface area contributed by atoms with Gasteiger partial charge in [0, 0.05) is 11.9 Å². The molecule has 0 fully saturated rings. The molecule has 0 aliphatic carbocycles. The second kappa shape index (κ2) is 5.29. The third-order valence-corrected chi connectivity index (χ3v) is 3.37. The van der Waals surface area contributed by atoms with Crippen molar-refractivity contribution in [3.63, 3.8) is 0 Å². The van der Waals surface area contributed by atoms with Crippen LogP contribution in [-0.4, -0.2) is 22.0 Å². The molecule has 2 aromatic rings. The number of nitrogens with zero attached hydrogens (tertiary/aromatic N) is 3. The molecule has 7 heteroatoms. The lowest BCUT2D eigenvalue weighted by molar-refractivity contribution is 0.872. The number of nitrogens with one attached hydrogen (secondary N) is 2. The van der Waals surface area contributed by atoms with Gasteiger partial charge in [0.1, 0.15) is 0 Å². The summed E-state index contributed by atoms with van der Waals surface area (Å²) in [6.45, 7) is 2.04. The maximum atomic E-state index is 5.80. The van der Waals surface area contributed by atoms with Crippen molar-refractivity contribution in [3.05, 3.63) is 27.7 Å². The Hall–Kier alpha value is -1.40. The molecule has 5 nitrogen and oxygen atoms in total. The van der Waals surface area contributed by atoms with Crippen molar-refractivity contribution in [1.29, 1.82) is 0 Å². The fraction of sp³-hybridized carbons (Fsp3) is 0.300. The number of hydrogen-bond acceptors (Lipinski definition) is 6. The monoisotopic (exact) mass is 269 g/mol. The number of thiophene rings is 1. The third kappa shape index (κ3) is 3.04. The molecule has 0 radical (unpaired) electrons. The van der Waals surface area contributed by atoms with Gasteiger partial charge in [-0.05, 0) is 30.0 Å². The van der Waals surface area contributed by atoms with Gasteiger partial charge in [-0.2, -0.15) is 15.0 Å². The van der Waals surface area contributed by atoms with Crippen LogP contribution in [0.25, 0.3) is 0 Å². The highest BCUT2D eigenvalue weighted by Crippen LogP contribution is 2.22. The number of hydrogen-bond donors (Lipinski definition) is 2. The molecular formula is C10H12ClN5S. The van der Waals surface area contributed by atoms with E-state index in [9.17, 15) is 0 Å². The number of aromatic nitrogens is 3. The molecule has 0 saturated heterocycles. The highest BCUT2D eigenvalue weighted by molar-refractivity contribution is 7.10. The molecule has 0 aliphatic rings. The van der Waals surface area contributed by atoms with Gasteiger partial charge in [0.05, 0.1) is 6.04 Å². The Labute approximate surface area is 108 Å². The molecule has 0 amide bonds. The summed E-state index contributed by atoms with van der Waals surface area (Å²) >= 11 is 7.48. The Morgan fingerprint density at radius 3 is 2.71 bits per heavy atom. The van der Waals surface area contributed by atoms with E-state index in [0.717, 1.165) is 0 Å². The lowest BCUT2D eigenvalue weighted by Crippen LogP contribution is -2.10. The van der Waals surface area contributed by atoms with Crippen molar-refractivity contribution in [2.75, 3.05) is 17.7 Å². The smallest absolute Gasteiger partial charge is 0.229 e. The summed E-state index contributed by atoms with van der Waals surface area (Å²) in [6.07, 6.45) is 0. The maximum absolute atomic E-state index is 5.80. The Bertz CT molecular complexity index is 487. The van der Waals surface area contributed by atoms with Crippen molar-refractivity contribution >= 4 is 34.8 Å². The molecule has 0 aromatic carbocycles. The van der Waals surface area contributed by atoms with Crippen molar-refractivity contribution in [2.24, 2.45) is 0 Å². The van der Waals surface area contributed by atoms with E-state index in [1.165, 1.54) is 4.88 Å². The van der Waals surface area contributed by atoms with Crippen molar-refractivity contribution in [1.82, 2.24) is 15.0 Å². The normalized spacial score (nSPS) is 12.2. The topological polar surface area (TPSA) is 62.7 Å². The van der Waals surface area contributed by atoms with Gasteiger partial charge in [0.2, 0.25) is 17.2 Å². The minimum Gasteiger partial charge on any atom is -0.357 e. The summed E-state index contributed by atoms with van der Waals surface area (Å²) in [5.74, 6) is 0.918. The summed E-state index contributed by atoms with van der Waals surface area (Å²) in [4.78, 5) is 13.3. The fourth-order valence-corrected chi connectivity index (χ4v) is 2.22. The molecule has 17 heavy (non-hydrogen) atoms. The fourth-order valence-electron chi connectivity index (χ4n) is 1.33. The van der Waals surface area contributed by atoms with E-state index in [1.807, 2.05) is 18.4 Å². The molecule has 2 heterocycles.